The van der Waals surface area contributed by atoms with Crippen LogP contribution in [-0.4, -0.2) is 22.5 Å². The van der Waals surface area contributed by atoms with Crippen molar-refractivity contribution < 1.29 is 10.3 Å². The number of rotatable bonds is 11. The standard InChI is InChI=1S/C20H37NO2/c1-4-6-8-10-12-18-17(19(21-23)15-20(18)22)14-13-16(3)11-9-7-5-2/h8,10,13-14,16-23H,4-7,9,11-12,15H2,1-3H3/b10-8-,14-13+/t16-,17-,18-,19?,20+/m1/s1. The number of hydroxylamine groups is 1. The first-order chi connectivity index (χ1) is 11.1. The van der Waals surface area contributed by atoms with E-state index in [1.165, 1.54) is 25.7 Å². The van der Waals surface area contributed by atoms with Gasteiger partial charge in [0.2, 0.25) is 0 Å². The summed E-state index contributed by atoms with van der Waals surface area (Å²) >= 11 is 0. The number of aliphatic hydroxyl groups excluding tert-OH is 1. The Labute approximate surface area is 142 Å². The Balaban J connectivity index is 2.60. The smallest absolute Gasteiger partial charge is 0.0593 e. The van der Waals surface area contributed by atoms with Crippen molar-refractivity contribution in [3.05, 3.63) is 24.3 Å². The zero-order valence-electron chi connectivity index (χ0n) is 15.2. The van der Waals surface area contributed by atoms with E-state index < -0.39 is 0 Å². The fraction of sp³-hybridized carbons (Fsp3) is 0.800. The van der Waals surface area contributed by atoms with E-state index in [4.69, 9.17) is 0 Å². The molecule has 1 aliphatic rings. The normalized spacial score (nSPS) is 29.8. The zero-order chi connectivity index (χ0) is 17.1. The average molecular weight is 324 g/mol. The molecular weight excluding hydrogens is 286 g/mol. The highest BCUT2D eigenvalue weighted by molar-refractivity contribution is 5.07. The van der Waals surface area contributed by atoms with Crippen molar-refractivity contribution in [3.63, 3.8) is 0 Å². The van der Waals surface area contributed by atoms with Crippen molar-refractivity contribution in [1.82, 2.24) is 5.48 Å². The molecule has 5 atom stereocenters. The zero-order valence-corrected chi connectivity index (χ0v) is 15.2. The fourth-order valence-electron chi connectivity index (χ4n) is 3.55. The highest BCUT2D eigenvalue weighted by atomic mass is 16.5. The van der Waals surface area contributed by atoms with Crippen molar-refractivity contribution in [2.75, 3.05) is 0 Å². The molecule has 1 aliphatic carbocycles. The van der Waals surface area contributed by atoms with Crippen LogP contribution >= 0.6 is 0 Å². The highest BCUT2D eigenvalue weighted by Gasteiger charge is 2.40. The largest absolute Gasteiger partial charge is 0.393 e. The molecule has 0 radical (unpaired) electrons. The summed E-state index contributed by atoms with van der Waals surface area (Å²) in [7, 11) is 0. The summed E-state index contributed by atoms with van der Waals surface area (Å²) in [4.78, 5) is 0. The predicted molar refractivity (Wildman–Crippen MR) is 97.4 cm³/mol. The average Bonchev–Trinajstić information content (AvgIpc) is 2.85. The summed E-state index contributed by atoms with van der Waals surface area (Å²) in [5.41, 5.74) is 2.42. The number of hydrogen-bond acceptors (Lipinski definition) is 3. The lowest BCUT2D eigenvalue weighted by Gasteiger charge is -2.21. The van der Waals surface area contributed by atoms with Crippen LogP contribution in [0.2, 0.25) is 0 Å². The SMILES string of the molecule is CCC/C=C\C[C@H]1[C@@H](O)CC(NO)[C@@H]1/C=C/[C@H](C)CCCCC. The molecule has 0 heterocycles. The summed E-state index contributed by atoms with van der Waals surface area (Å²) in [6.45, 7) is 6.66. The molecule has 3 heteroatoms. The van der Waals surface area contributed by atoms with Crippen molar-refractivity contribution >= 4 is 0 Å². The van der Waals surface area contributed by atoms with E-state index in [1.54, 1.807) is 0 Å². The topological polar surface area (TPSA) is 52.5 Å². The quantitative estimate of drug-likeness (QED) is 0.289. The van der Waals surface area contributed by atoms with Gasteiger partial charge in [-0.3, -0.25) is 0 Å². The van der Waals surface area contributed by atoms with Gasteiger partial charge in [0.25, 0.3) is 0 Å². The maximum absolute atomic E-state index is 10.3. The van der Waals surface area contributed by atoms with Gasteiger partial charge in [0, 0.05) is 12.0 Å². The van der Waals surface area contributed by atoms with Gasteiger partial charge >= 0.3 is 0 Å². The minimum absolute atomic E-state index is 0.0336. The third-order valence-electron chi connectivity index (χ3n) is 5.07. The molecule has 1 saturated carbocycles. The lowest BCUT2D eigenvalue weighted by molar-refractivity contribution is 0.108. The van der Waals surface area contributed by atoms with Crippen molar-refractivity contribution in [2.24, 2.45) is 17.8 Å². The second-order valence-corrected chi connectivity index (χ2v) is 7.13. The molecule has 0 aromatic rings. The van der Waals surface area contributed by atoms with E-state index in [9.17, 15) is 10.3 Å². The molecule has 0 spiro atoms. The molecule has 23 heavy (non-hydrogen) atoms. The Morgan fingerprint density at radius 2 is 1.96 bits per heavy atom. The van der Waals surface area contributed by atoms with E-state index in [0.29, 0.717) is 12.3 Å². The molecular formula is C20H37NO2. The van der Waals surface area contributed by atoms with Crippen LogP contribution in [0.15, 0.2) is 24.3 Å². The molecule has 0 aromatic heterocycles. The summed E-state index contributed by atoms with van der Waals surface area (Å²) in [6, 6.07) is -0.0336. The minimum Gasteiger partial charge on any atom is -0.393 e. The van der Waals surface area contributed by atoms with Gasteiger partial charge in [0.05, 0.1) is 6.10 Å². The molecule has 3 N–H and O–H groups in total. The molecule has 1 rings (SSSR count). The van der Waals surface area contributed by atoms with Crippen LogP contribution in [0.4, 0.5) is 0 Å². The Hall–Kier alpha value is -0.640. The summed E-state index contributed by atoms with van der Waals surface area (Å²) in [5, 5.41) is 19.7. The van der Waals surface area contributed by atoms with Gasteiger partial charge in [-0.05, 0) is 37.5 Å². The minimum atomic E-state index is -0.337. The summed E-state index contributed by atoms with van der Waals surface area (Å²) < 4.78 is 0. The number of nitrogens with one attached hydrogen (secondary N) is 1. The maximum atomic E-state index is 10.3. The summed E-state index contributed by atoms with van der Waals surface area (Å²) in [6.07, 6.45) is 17.4. The second-order valence-electron chi connectivity index (χ2n) is 7.13. The van der Waals surface area contributed by atoms with Crippen LogP contribution in [0.25, 0.3) is 0 Å². The van der Waals surface area contributed by atoms with Crippen molar-refractivity contribution in [1.29, 1.82) is 0 Å². The van der Waals surface area contributed by atoms with E-state index in [0.717, 1.165) is 19.3 Å². The predicted octanol–water partition coefficient (Wildman–Crippen LogP) is 4.85. The number of aliphatic hydroxyl groups is 1. The van der Waals surface area contributed by atoms with Crippen LogP contribution in [0, 0.1) is 17.8 Å². The first-order valence-corrected chi connectivity index (χ1v) is 9.54. The van der Waals surface area contributed by atoms with E-state index in [-0.39, 0.29) is 24.0 Å². The van der Waals surface area contributed by atoms with Gasteiger partial charge in [0.1, 0.15) is 0 Å². The maximum Gasteiger partial charge on any atom is 0.0593 e. The molecule has 3 nitrogen and oxygen atoms in total. The number of unbranched alkanes of at least 4 members (excludes halogenated alkanes) is 3. The first-order valence-electron chi connectivity index (χ1n) is 9.54. The van der Waals surface area contributed by atoms with E-state index >= 15 is 0 Å². The van der Waals surface area contributed by atoms with Gasteiger partial charge in [-0.15, -0.1) is 0 Å². The molecule has 0 amide bonds. The monoisotopic (exact) mass is 323 g/mol. The Morgan fingerprint density at radius 3 is 2.61 bits per heavy atom. The number of allylic oxidation sites excluding steroid dienone is 3. The molecule has 0 bridgehead atoms. The van der Waals surface area contributed by atoms with Gasteiger partial charge in [0.15, 0.2) is 0 Å². The van der Waals surface area contributed by atoms with Crippen molar-refractivity contribution in [2.45, 2.75) is 84.3 Å². The van der Waals surface area contributed by atoms with Crippen LogP contribution in [-0.2, 0) is 0 Å². The second kappa shape index (κ2) is 11.8. The van der Waals surface area contributed by atoms with Gasteiger partial charge in [-0.2, -0.15) is 0 Å². The molecule has 0 aliphatic heterocycles. The van der Waals surface area contributed by atoms with Crippen LogP contribution < -0.4 is 5.48 Å². The highest BCUT2D eigenvalue weighted by Crippen LogP contribution is 2.36. The Morgan fingerprint density at radius 1 is 1.17 bits per heavy atom. The summed E-state index contributed by atoms with van der Waals surface area (Å²) in [5.74, 6) is 0.969. The lowest BCUT2D eigenvalue weighted by Crippen LogP contribution is -2.30. The lowest BCUT2D eigenvalue weighted by atomic mass is 9.88. The fourth-order valence-corrected chi connectivity index (χ4v) is 3.55. The van der Waals surface area contributed by atoms with E-state index in [1.807, 2.05) is 0 Å². The Kier molecular flexibility index (Phi) is 10.5. The van der Waals surface area contributed by atoms with Gasteiger partial charge in [-0.1, -0.05) is 70.8 Å². The molecule has 0 saturated heterocycles. The first kappa shape index (κ1) is 20.4. The molecule has 1 fully saturated rings. The van der Waals surface area contributed by atoms with Gasteiger partial charge < -0.3 is 10.3 Å². The van der Waals surface area contributed by atoms with Crippen LogP contribution in [0.3, 0.4) is 0 Å². The molecule has 0 aromatic carbocycles. The Bertz CT molecular complexity index is 354. The molecule has 1 unspecified atom stereocenters. The van der Waals surface area contributed by atoms with Crippen LogP contribution in [0.1, 0.15) is 72.1 Å². The van der Waals surface area contributed by atoms with Gasteiger partial charge in [-0.25, -0.2) is 5.48 Å². The third kappa shape index (κ3) is 7.19. The van der Waals surface area contributed by atoms with Crippen molar-refractivity contribution in [3.8, 4) is 0 Å². The molecule has 134 valence electrons. The van der Waals surface area contributed by atoms with E-state index in [2.05, 4.69) is 50.6 Å². The van der Waals surface area contributed by atoms with Crippen LogP contribution in [0.5, 0.6) is 0 Å². The third-order valence-corrected chi connectivity index (χ3v) is 5.07. The number of hydrogen-bond donors (Lipinski definition) is 3.